The van der Waals surface area contributed by atoms with Crippen molar-refractivity contribution in [2.45, 2.75) is 73.3 Å². The number of nitrogens with one attached hydrogen (secondary N) is 1. The molecule has 0 aromatic heterocycles. The Balaban J connectivity index is 0.000000510. The molecule has 4 heteroatoms. The molecule has 1 amide bonds. The smallest absolute Gasteiger partial charge is 0.282 e. The molecular formula is C27H41N2OY+. The fraction of sp³-hybridized carbons (Fsp3) is 0.519. The fourth-order valence-electron chi connectivity index (χ4n) is 4.93. The zero-order valence-corrected chi connectivity index (χ0v) is 23.3. The van der Waals surface area contributed by atoms with Crippen LogP contribution in [0.15, 0.2) is 42.5 Å². The molecule has 0 saturated carbocycles. The van der Waals surface area contributed by atoms with Crippen molar-refractivity contribution in [2.24, 2.45) is 0 Å². The first-order valence-corrected chi connectivity index (χ1v) is 11.6. The van der Waals surface area contributed by atoms with Gasteiger partial charge in [-0.1, -0.05) is 60.5 Å². The first-order chi connectivity index (χ1) is 14.3. The van der Waals surface area contributed by atoms with Gasteiger partial charge in [-0.25, -0.2) is 0 Å². The van der Waals surface area contributed by atoms with Crippen LogP contribution in [-0.2, 0) is 37.5 Å². The number of likely N-dealkylation sites (tertiary alicyclic amines) is 1. The van der Waals surface area contributed by atoms with Crippen molar-refractivity contribution in [2.75, 3.05) is 25.0 Å². The first kappa shape index (κ1) is 28.0. The third kappa shape index (κ3) is 7.80. The van der Waals surface area contributed by atoms with Crippen LogP contribution >= 0.6 is 0 Å². The molecule has 3 nitrogen and oxygen atoms in total. The van der Waals surface area contributed by atoms with E-state index in [1.165, 1.54) is 30.4 Å². The standard InChI is InChI=1S/C20H32N2O.C7H8.Y/c1-6-18(22(7-2)11-9-8-10-12-22)20(23)21-19-16(4)13-15(3)14-17(19)5;1-7-5-3-2-4-6-7;/h13-14,18H,6-12H2,1-5H3;2-6H,1H3;/p+1. The summed E-state index contributed by atoms with van der Waals surface area (Å²) < 4.78 is 0.965. The third-order valence-electron chi connectivity index (χ3n) is 6.55. The predicted molar refractivity (Wildman–Crippen MR) is 129 cm³/mol. The molecule has 2 aromatic carbocycles. The van der Waals surface area contributed by atoms with Crippen LogP contribution in [0, 0.1) is 27.7 Å². The SMILES string of the molecule is CCC(C(=O)Nc1c(C)cc(C)cc1C)[N+]1(CC)CCCCC1.Cc1ccccc1.[Y]. The Bertz CT molecular complexity index is 790. The Labute approximate surface area is 215 Å². The molecule has 1 unspecified atom stereocenters. The molecule has 0 aliphatic carbocycles. The van der Waals surface area contributed by atoms with Gasteiger partial charge in [-0.15, -0.1) is 0 Å². The summed E-state index contributed by atoms with van der Waals surface area (Å²) >= 11 is 0. The normalized spacial score (nSPS) is 15.7. The summed E-state index contributed by atoms with van der Waals surface area (Å²) in [5.74, 6) is 0.200. The minimum atomic E-state index is 0. The Morgan fingerprint density at radius 3 is 1.87 bits per heavy atom. The van der Waals surface area contributed by atoms with Crippen molar-refractivity contribution in [3.05, 3.63) is 64.7 Å². The number of hydrogen-bond donors (Lipinski definition) is 1. The number of hydrogen-bond acceptors (Lipinski definition) is 1. The van der Waals surface area contributed by atoms with Gasteiger partial charge in [0.15, 0.2) is 6.04 Å². The van der Waals surface area contributed by atoms with Gasteiger partial charge in [-0.3, -0.25) is 4.79 Å². The topological polar surface area (TPSA) is 29.1 Å². The van der Waals surface area contributed by atoms with E-state index in [0.717, 1.165) is 47.4 Å². The van der Waals surface area contributed by atoms with Gasteiger partial charge < -0.3 is 9.80 Å². The van der Waals surface area contributed by atoms with E-state index in [4.69, 9.17) is 0 Å². The van der Waals surface area contributed by atoms with Crippen LogP contribution in [0.2, 0.25) is 0 Å². The van der Waals surface area contributed by atoms with E-state index in [9.17, 15) is 4.79 Å². The molecule has 1 aliphatic heterocycles. The summed E-state index contributed by atoms with van der Waals surface area (Å²) in [6, 6.07) is 14.6. The van der Waals surface area contributed by atoms with Gasteiger partial charge in [0.05, 0.1) is 19.6 Å². The van der Waals surface area contributed by atoms with E-state index in [1.807, 2.05) is 18.2 Å². The second-order valence-electron chi connectivity index (χ2n) is 8.88. The molecule has 31 heavy (non-hydrogen) atoms. The average Bonchev–Trinajstić information content (AvgIpc) is 2.73. The fourth-order valence-corrected chi connectivity index (χ4v) is 4.93. The van der Waals surface area contributed by atoms with Crippen molar-refractivity contribution in [1.29, 1.82) is 0 Å². The quantitative estimate of drug-likeness (QED) is 0.479. The second-order valence-corrected chi connectivity index (χ2v) is 8.88. The Kier molecular flexibility index (Phi) is 12.2. The van der Waals surface area contributed by atoms with Crippen LogP contribution in [0.25, 0.3) is 0 Å². The van der Waals surface area contributed by atoms with E-state index >= 15 is 0 Å². The van der Waals surface area contributed by atoms with E-state index in [0.29, 0.717) is 0 Å². The molecule has 1 N–H and O–H groups in total. The number of aryl methyl sites for hydroxylation is 4. The van der Waals surface area contributed by atoms with E-state index in [1.54, 1.807) is 0 Å². The van der Waals surface area contributed by atoms with Crippen molar-refractivity contribution in [3.63, 3.8) is 0 Å². The summed E-state index contributed by atoms with van der Waals surface area (Å²) in [6.07, 6.45) is 4.72. The minimum absolute atomic E-state index is 0. The van der Waals surface area contributed by atoms with Crippen LogP contribution < -0.4 is 5.32 Å². The maximum Gasteiger partial charge on any atom is 0.282 e. The molecular weight excluding hydrogens is 457 g/mol. The Morgan fingerprint density at radius 1 is 0.903 bits per heavy atom. The van der Waals surface area contributed by atoms with Gasteiger partial charge >= 0.3 is 0 Å². The summed E-state index contributed by atoms with van der Waals surface area (Å²) in [5.41, 5.74) is 5.89. The number of amides is 1. The molecule has 0 spiro atoms. The molecule has 2 aromatic rings. The number of benzene rings is 2. The number of rotatable bonds is 5. The van der Waals surface area contributed by atoms with Gasteiger partial charge in [0.2, 0.25) is 0 Å². The maximum absolute atomic E-state index is 13.1. The van der Waals surface area contributed by atoms with E-state index in [-0.39, 0.29) is 44.7 Å². The summed E-state index contributed by atoms with van der Waals surface area (Å²) in [7, 11) is 0. The molecule has 1 atom stereocenters. The number of likely N-dealkylation sites (N-methyl/N-ethyl adjacent to an activating group) is 1. The number of quaternary nitrogens is 1. The first-order valence-electron chi connectivity index (χ1n) is 11.6. The summed E-state index contributed by atoms with van der Waals surface area (Å²) in [4.78, 5) is 13.1. The van der Waals surface area contributed by atoms with E-state index in [2.05, 4.69) is 71.1 Å². The number of anilines is 1. The molecule has 1 fully saturated rings. The van der Waals surface area contributed by atoms with Crippen LogP contribution in [0.5, 0.6) is 0 Å². The Morgan fingerprint density at radius 2 is 1.45 bits per heavy atom. The molecule has 0 bridgehead atoms. The van der Waals surface area contributed by atoms with Gasteiger partial charge in [-0.05, 0) is 65.0 Å². The Hall–Kier alpha value is -1.03. The molecule has 3 rings (SSSR count). The van der Waals surface area contributed by atoms with Crippen LogP contribution in [0.4, 0.5) is 5.69 Å². The van der Waals surface area contributed by atoms with Crippen LogP contribution in [0.1, 0.15) is 61.8 Å². The average molecular weight is 499 g/mol. The number of nitrogens with zero attached hydrogens (tertiary/aromatic N) is 1. The largest absolute Gasteiger partial charge is 0.320 e. The zero-order valence-electron chi connectivity index (χ0n) is 20.5. The van der Waals surface area contributed by atoms with Crippen molar-refractivity contribution in [1.82, 2.24) is 0 Å². The predicted octanol–water partition coefficient (Wildman–Crippen LogP) is 6.34. The minimum Gasteiger partial charge on any atom is -0.320 e. The van der Waals surface area contributed by atoms with Crippen molar-refractivity contribution in [3.8, 4) is 0 Å². The van der Waals surface area contributed by atoms with Crippen LogP contribution in [-0.4, -0.2) is 36.1 Å². The van der Waals surface area contributed by atoms with Gasteiger partial charge in [0.25, 0.3) is 5.91 Å². The van der Waals surface area contributed by atoms with E-state index < -0.39 is 0 Å². The zero-order chi connectivity index (χ0) is 22.1. The molecule has 1 saturated heterocycles. The third-order valence-corrected chi connectivity index (χ3v) is 6.55. The maximum atomic E-state index is 13.1. The number of piperidine rings is 1. The molecule has 167 valence electrons. The monoisotopic (exact) mass is 498 g/mol. The van der Waals surface area contributed by atoms with Gasteiger partial charge in [0, 0.05) is 44.8 Å². The molecule has 1 radical (unpaired) electrons. The number of carbonyl (C=O) groups is 1. The second kappa shape index (κ2) is 13.5. The summed E-state index contributed by atoms with van der Waals surface area (Å²) in [6.45, 7) is 16.1. The molecule has 1 aliphatic rings. The van der Waals surface area contributed by atoms with Crippen molar-refractivity contribution >= 4 is 11.6 Å². The molecule has 1 heterocycles. The van der Waals surface area contributed by atoms with Gasteiger partial charge in [0.1, 0.15) is 0 Å². The van der Waals surface area contributed by atoms with Crippen molar-refractivity contribution < 1.29 is 42.0 Å². The van der Waals surface area contributed by atoms with Crippen LogP contribution in [0.3, 0.4) is 0 Å². The van der Waals surface area contributed by atoms with Gasteiger partial charge in [-0.2, -0.15) is 0 Å². The number of carbonyl (C=O) groups excluding carboxylic acids is 1. The summed E-state index contributed by atoms with van der Waals surface area (Å²) in [5, 5.41) is 3.26.